The van der Waals surface area contributed by atoms with E-state index in [0.29, 0.717) is 5.69 Å². The highest BCUT2D eigenvalue weighted by Crippen LogP contribution is 2.24. The highest BCUT2D eigenvalue weighted by atomic mass is 79.9. The first-order valence-corrected chi connectivity index (χ1v) is 7.17. The number of nitrogens with two attached hydrogens (primary N) is 1. The van der Waals surface area contributed by atoms with E-state index in [4.69, 9.17) is 5.73 Å². The van der Waals surface area contributed by atoms with Gasteiger partial charge in [-0.25, -0.2) is 4.79 Å². The number of amides is 2. The van der Waals surface area contributed by atoms with Crippen molar-refractivity contribution >= 4 is 28.7 Å². The van der Waals surface area contributed by atoms with Gasteiger partial charge < -0.3 is 21.1 Å². The lowest BCUT2D eigenvalue weighted by Crippen LogP contribution is -2.27. The second-order valence-electron chi connectivity index (χ2n) is 4.93. The van der Waals surface area contributed by atoms with Gasteiger partial charge in [-0.1, -0.05) is 19.9 Å². The van der Waals surface area contributed by atoms with E-state index >= 15 is 0 Å². The number of aromatic hydroxyl groups is 1. The number of carbonyl (C=O) groups excluding carboxylic acids is 1. The largest absolute Gasteiger partial charge is 0.506 e. The van der Waals surface area contributed by atoms with Crippen LogP contribution in [0.5, 0.6) is 5.75 Å². The molecule has 120 valence electrons. The van der Waals surface area contributed by atoms with Gasteiger partial charge in [0.25, 0.3) is 0 Å². The zero-order valence-corrected chi connectivity index (χ0v) is 14.5. The minimum Gasteiger partial charge on any atom is -0.506 e. The van der Waals surface area contributed by atoms with Gasteiger partial charge in [0.2, 0.25) is 0 Å². The Kier molecular flexibility index (Phi) is 9.82. The molecule has 0 aromatic heterocycles. The molecular formula is C15H26BrN3O2. The molecule has 1 rings (SSSR count). The van der Waals surface area contributed by atoms with Gasteiger partial charge in [0.05, 0.1) is 5.69 Å². The van der Waals surface area contributed by atoms with Crippen LogP contribution < -0.4 is 11.1 Å². The maximum atomic E-state index is 10.9. The van der Waals surface area contributed by atoms with Crippen LogP contribution in [-0.4, -0.2) is 35.7 Å². The Morgan fingerprint density at radius 1 is 1.24 bits per heavy atom. The molecule has 0 fully saturated rings. The summed E-state index contributed by atoms with van der Waals surface area (Å²) in [4.78, 5) is 13.3. The Balaban J connectivity index is 0.00000400. The fourth-order valence-corrected chi connectivity index (χ4v) is 2.23. The summed E-state index contributed by atoms with van der Waals surface area (Å²) in [6.45, 7) is 7.52. The summed E-state index contributed by atoms with van der Waals surface area (Å²) in [6, 6.07) is 4.56. The third kappa shape index (κ3) is 7.34. The highest BCUT2D eigenvalue weighted by molar-refractivity contribution is 8.93. The third-order valence-corrected chi connectivity index (χ3v) is 3.12. The minimum absolute atomic E-state index is 0. The number of phenolic OH excluding ortho intramolecular Hbond substituents is 1. The first-order valence-electron chi connectivity index (χ1n) is 7.17. The van der Waals surface area contributed by atoms with E-state index in [-0.39, 0.29) is 22.7 Å². The van der Waals surface area contributed by atoms with Crippen LogP contribution in [0.15, 0.2) is 18.2 Å². The summed E-state index contributed by atoms with van der Waals surface area (Å²) in [5.41, 5.74) is 6.52. The molecule has 0 spiro atoms. The number of rotatable bonds is 8. The van der Waals surface area contributed by atoms with Crippen molar-refractivity contribution < 1.29 is 9.90 Å². The second kappa shape index (κ2) is 10.5. The molecule has 0 unspecified atom stereocenters. The summed E-state index contributed by atoms with van der Waals surface area (Å²) in [7, 11) is 0. The van der Waals surface area contributed by atoms with Crippen LogP contribution in [0.3, 0.4) is 0 Å². The summed E-state index contributed by atoms with van der Waals surface area (Å²) >= 11 is 0. The predicted molar refractivity (Wildman–Crippen MR) is 92.4 cm³/mol. The molecule has 21 heavy (non-hydrogen) atoms. The van der Waals surface area contributed by atoms with Crippen LogP contribution in [0.2, 0.25) is 0 Å². The quantitative estimate of drug-likeness (QED) is 0.623. The van der Waals surface area contributed by atoms with Gasteiger partial charge in [-0.3, -0.25) is 0 Å². The number of benzene rings is 1. The molecule has 0 aliphatic heterocycles. The number of urea groups is 1. The van der Waals surface area contributed by atoms with Crippen molar-refractivity contribution in [3.05, 3.63) is 23.8 Å². The SMILES string of the molecule is Br.CCCN(CCC)CCc1ccc(O)c(NC(N)=O)c1. The second-order valence-corrected chi connectivity index (χ2v) is 4.93. The first kappa shape index (κ1) is 19.7. The zero-order chi connectivity index (χ0) is 15.0. The van der Waals surface area contributed by atoms with Crippen LogP contribution in [0, 0.1) is 0 Å². The van der Waals surface area contributed by atoms with Crippen molar-refractivity contribution in [2.45, 2.75) is 33.1 Å². The predicted octanol–water partition coefficient (Wildman–Crippen LogP) is 3.13. The number of carbonyl (C=O) groups is 1. The van der Waals surface area contributed by atoms with E-state index < -0.39 is 6.03 Å². The van der Waals surface area contributed by atoms with E-state index in [2.05, 4.69) is 24.1 Å². The van der Waals surface area contributed by atoms with Gasteiger partial charge in [-0.05, 0) is 50.0 Å². The Bertz CT molecular complexity index is 435. The van der Waals surface area contributed by atoms with E-state index in [1.807, 2.05) is 6.07 Å². The number of hydrogen-bond donors (Lipinski definition) is 3. The van der Waals surface area contributed by atoms with Crippen LogP contribution in [0.25, 0.3) is 0 Å². The molecule has 0 radical (unpaired) electrons. The molecule has 0 aliphatic rings. The lowest BCUT2D eigenvalue weighted by molar-refractivity contribution is 0.259. The fraction of sp³-hybridized carbons (Fsp3) is 0.533. The molecular weight excluding hydrogens is 334 g/mol. The third-order valence-electron chi connectivity index (χ3n) is 3.12. The number of nitrogens with zero attached hydrogens (tertiary/aromatic N) is 1. The molecule has 4 N–H and O–H groups in total. The van der Waals surface area contributed by atoms with Gasteiger partial charge in [-0.2, -0.15) is 0 Å². The smallest absolute Gasteiger partial charge is 0.316 e. The van der Waals surface area contributed by atoms with Crippen molar-refractivity contribution in [2.75, 3.05) is 25.0 Å². The standard InChI is InChI=1S/C15H25N3O2.BrH/c1-3-8-18(9-4-2)10-7-12-5-6-14(19)13(11-12)17-15(16)20;/h5-6,11,19H,3-4,7-10H2,1-2H3,(H3,16,17,20);1H. The van der Waals surface area contributed by atoms with Crippen molar-refractivity contribution in [3.63, 3.8) is 0 Å². The monoisotopic (exact) mass is 359 g/mol. The molecule has 0 atom stereocenters. The van der Waals surface area contributed by atoms with Crippen molar-refractivity contribution in [1.29, 1.82) is 0 Å². The molecule has 1 aromatic rings. The fourth-order valence-electron chi connectivity index (χ4n) is 2.23. The molecule has 0 bridgehead atoms. The molecule has 2 amide bonds. The van der Waals surface area contributed by atoms with E-state index in [9.17, 15) is 9.90 Å². The molecule has 0 saturated heterocycles. The van der Waals surface area contributed by atoms with Gasteiger partial charge in [0.15, 0.2) is 0 Å². The average molecular weight is 360 g/mol. The number of anilines is 1. The summed E-state index contributed by atoms with van der Waals surface area (Å²) < 4.78 is 0. The van der Waals surface area contributed by atoms with Gasteiger partial charge >= 0.3 is 6.03 Å². The maximum absolute atomic E-state index is 10.9. The Hall–Kier alpha value is -1.27. The van der Waals surface area contributed by atoms with Crippen molar-refractivity contribution in [2.24, 2.45) is 5.73 Å². The minimum atomic E-state index is -0.670. The van der Waals surface area contributed by atoms with Crippen LogP contribution in [0.1, 0.15) is 32.3 Å². The lowest BCUT2D eigenvalue weighted by Gasteiger charge is -2.21. The number of nitrogens with one attached hydrogen (secondary N) is 1. The summed E-state index contributed by atoms with van der Waals surface area (Å²) in [5, 5.41) is 12.1. The normalized spacial score (nSPS) is 10.2. The van der Waals surface area contributed by atoms with Gasteiger partial charge in [0.1, 0.15) is 5.75 Å². The molecule has 6 heteroatoms. The van der Waals surface area contributed by atoms with Crippen LogP contribution >= 0.6 is 17.0 Å². The number of phenols is 1. The number of hydrogen-bond acceptors (Lipinski definition) is 3. The van der Waals surface area contributed by atoms with E-state index in [1.165, 1.54) is 0 Å². The lowest BCUT2D eigenvalue weighted by atomic mass is 10.1. The average Bonchev–Trinajstić information content (AvgIpc) is 2.39. The van der Waals surface area contributed by atoms with E-state index in [1.54, 1.807) is 12.1 Å². The Labute approximate surface area is 137 Å². The first-order chi connectivity index (χ1) is 9.56. The van der Waals surface area contributed by atoms with Gasteiger partial charge in [-0.15, -0.1) is 17.0 Å². The zero-order valence-electron chi connectivity index (χ0n) is 12.8. The van der Waals surface area contributed by atoms with Crippen molar-refractivity contribution in [1.82, 2.24) is 4.90 Å². The molecule has 0 saturated carbocycles. The molecule has 5 nitrogen and oxygen atoms in total. The number of primary amides is 1. The van der Waals surface area contributed by atoms with Crippen LogP contribution in [0.4, 0.5) is 10.5 Å². The number of halogens is 1. The Morgan fingerprint density at radius 3 is 2.38 bits per heavy atom. The summed E-state index contributed by atoms with van der Waals surface area (Å²) in [5.74, 6) is 0.0338. The maximum Gasteiger partial charge on any atom is 0.316 e. The molecule has 1 aromatic carbocycles. The van der Waals surface area contributed by atoms with Crippen molar-refractivity contribution in [3.8, 4) is 5.75 Å². The van der Waals surface area contributed by atoms with E-state index in [0.717, 1.165) is 44.5 Å². The highest BCUT2D eigenvalue weighted by Gasteiger charge is 2.07. The molecule has 0 aliphatic carbocycles. The molecule has 0 heterocycles. The van der Waals surface area contributed by atoms with Gasteiger partial charge in [0, 0.05) is 6.54 Å². The van der Waals surface area contributed by atoms with Crippen LogP contribution in [-0.2, 0) is 6.42 Å². The topological polar surface area (TPSA) is 78.6 Å². The summed E-state index contributed by atoms with van der Waals surface area (Å²) in [6.07, 6.45) is 3.17. The Morgan fingerprint density at radius 2 is 1.86 bits per heavy atom.